The van der Waals surface area contributed by atoms with Crippen LogP contribution < -0.4 is 5.32 Å². The number of carbonyl (C=O) groups excluding carboxylic acids is 2. The molecule has 1 aliphatic heterocycles. The van der Waals surface area contributed by atoms with E-state index in [-0.39, 0.29) is 17.6 Å². The fourth-order valence-electron chi connectivity index (χ4n) is 2.86. The molecule has 1 N–H and O–H groups in total. The molecule has 3 rings (SSSR count). The Balaban J connectivity index is 1.82. The summed E-state index contributed by atoms with van der Waals surface area (Å²) in [6.07, 6.45) is 2.48. The molecule has 1 aliphatic rings. The lowest BCUT2D eigenvalue weighted by molar-refractivity contribution is -0.126. The Morgan fingerprint density at radius 1 is 1.29 bits per heavy atom. The zero-order valence-electron chi connectivity index (χ0n) is 13.3. The van der Waals surface area contributed by atoms with Crippen LogP contribution in [0.15, 0.2) is 29.6 Å². The van der Waals surface area contributed by atoms with E-state index in [1.807, 2.05) is 0 Å². The molecule has 2 heterocycles. The monoisotopic (exact) mass is 347 g/mol. The van der Waals surface area contributed by atoms with Crippen molar-refractivity contribution in [1.82, 2.24) is 15.2 Å². The number of nitrogens with zero attached hydrogens (tertiary/aromatic N) is 2. The van der Waals surface area contributed by atoms with Gasteiger partial charge in [-0.15, -0.1) is 11.3 Å². The first kappa shape index (κ1) is 16.6. The lowest BCUT2D eigenvalue weighted by Gasteiger charge is -2.33. The van der Waals surface area contributed by atoms with Crippen molar-refractivity contribution in [3.63, 3.8) is 0 Å². The SMILES string of the molecule is CNC(=O)[C@H]1CCCCN1C(=O)c1csc(-c2ccc(F)cc2)n1. The number of hydrogen-bond donors (Lipinski definition) is 1. The summed E-state index contributed by atoms with van der Waals surface area (Å²) in [6, 6.07) is 5.56. The van der Waals surface area contributed by atoms with E-state index in [9.17, 15) is 14.0 Å². The van der Waals surface area contributed by atoms with Crippen molar-refractivity contribution in [3.05, 3.63) is 41.2 Å². The van der Waals surface area contributed by atoms with Crippen LogP contribution in [0.2, 0.25) is 0 Å². The number of thiazole rings is 1. The molecule has 0 spiro atoms. The summed E-state index contributed by atoms with van der Waals surface area (Å²) in [5, 5.41) is 4.97. The normalized spacial score (nSPS) is 17.6. The van der Waals surface area contributed by atoms with Crippen molar-refractivity contribution in [2.45, 2.75) is 25.3 Å². The molecule has 1 aromatic carbocycles. The predicted molar refractivity (Wildman–Crippen MR) is 90.3 cm³/mol. The predicted octanol–water partition coefficient (Wildman–Crippen LogP) is 2.69. The molecule has 2 aromatic rings. The summed E-state index contributed by atoms with van der Waals surface area (Å²) < 4.78 is 13.0. The highest BCUT2D eigenvalue weighted by molar-refractivity contribution is 7.13. The Labute approximate surface area is 143 Å². The molecule has 1 saturated heterocycles. The maximum absolute atomic E-state index is 13.0. The molecule has 5 nitrogen and oxygen atoms in total. The van der Waals surface area contributed by atoms with Crippen LogP contribution in [0, 0.1) is 5.82 Å². The molecule has 7 heteroatoms. The van der Waals surface area contributed by atoms with Gasteiger partial charge in [-0.05, 0) is 43.5 Å². The second-order valence-corrected chi connectivity index (χ2v) is 6.53. The van der Waals surface area contributed by atoms with Gasteiger partial charge in [-0.2, -0.15) is 0 Å². The van der Waals surface area contributed by atoms with Crippen LogP contribution >= 0.6 is 11.3 Å². The quantitative estimate of drug-likeness (QED) is 0.928. The zero-order chi connectivity index (χ0) is 17.1. The van der Waals surface area contributed by atoms with E-state index in [2.05, 4.69) is 10.3 Å². The Morgan fingerprint density at radius 2 is 2.04 bits per heavy atom. The minimum Gasteiger partial charge on any atom is -0.357 e. The Bertz CT molecular complexity index is 745. The summed E-state index contributed by atoms with van der Waals surface area (Å²) in [7, 11) is 1.58. The van der Waals surface area contributed by atoms with Gasteiger partial charge in [0, 0.05) is 24.5 Å². The summed E-state index contributed by atoms with van der Waals surface area (Å²) in [5.74, 6) is -0.682. The van der Waals surface area contributed by atoms with Crippen LogP contribution in [0.5, 0.6) is 0 Å². The number of aromatic nitrogens is 1. The number of carbonyl (C=O) groups is 2. The van der Waals surface area contributed by atoms with Gasteiger partial charge in [0.25, 0.3) is 5.91 Å². The molecule has 0 saturated carbocycles. The third-order valence-corrected chi connectivity index (χ3v) is 5.02. The topological polar surface area (TPSA) is 62.3 Å². The van der Waals surface area contributed by atoms with E-state index in [0.717, 1.165) is 18.4 Å². The van der Waals surface area contributed by atoms with Gasteiger partial charge < -0.3 is 10.2 Å². The number of likely N-dealkylation sites (tertiary alicyclic amines) is 1. The van der Waals surface area contributed by atoms with E-state index in [1.54, 1.807) is 29.5 Å². The largest absolute Gasteiger partial charge is 0.357 e. The van der Waals surface area contributed by atoms with E-state index in [4.69, 9.17) is 0 Å². The second kappa shape index (κ2) is 7.09. The number of halogens is 1. The van der Waals surface area contributed by atoms with Crippen molar-refractivity contribution in [3.8, 4) is 10.6 Å². The minimum absolute atomic E-state index is 0.142. The molecule has 0 unspecified atom stereocenters. The van der Waals surface area contributed by atoms with Crippen LogP contribution in [-0.4, -0.2) is 41.3 Å². The number of likely N-dealkylation sites (N-methyl/N-ethyl adjacent to an activating group) is 1. The second-order valence-electron chi connectivity index (χ2n) is 5.67. The molecule has 0 aliphatic carbocycles. The number of nitrogens with one attached hydrogen (secondary N) is 1. The molecule has 1 atom stereocenters. The highest BCUT2D eigenvalue weighted by Crippen LogP contribution is 2.26. The van der Waals surface area contributed by atoms with E-state index >= 15 is 0 Å². The molecule has 0 radical (unpaired) electrons. The van der Waals surface area contributed by atoms with E-state index in [0.29, 0.717) is 23.7 Å². The summed E-state index contributed by atoms with van der Waals surface area (Å²) in [5.41, 5.74) is 1.09. The van der Waals surface area contributed by atoms with Gasteiger partial charge in [-0.3, -0.25) is 9.59 Å². The maximum atomic E-state index is 13.0. The maximum Gasteiger partial charge on any atom is 0.274 e. The van der Waals surface area contributed by atoms with Crippen LogP contribution in [0.1, 0.15) is 29.8 Å². The summed E-state index contributed by atoms with van der Waals surface area (Å²) in [4.78, 5) is 30.8. The van der Waals surface area contributed by atoms with Crippen molar-refractivity contribution >= 4 is 23.2 Å². The summed E-state index contributed by atoms with van der Waals surface area (Å²) >= 11 is 1.33. The Kier molecular flexibility index (Phi) is 4.89. The van der Waals surface area contributed by atoms with Crippen molar-refractivity contribution in [2.75, 3.05) is 13.6 Å². The van der Waals surface area contributed by atoms with Crippen LogP contribution in [0.3, 0.4) is 0 Å². The highest BCUT2D eigenvalue weighted by Gasteiger charge is 2.33. The molecular formula is C17H18FN3O2S. The van der Waals surface area contributed by atoms with Crippen molar-refractivity contribution < 1.29 is 14.0 Å². The molecule has 24 heavy (non-hydrogen) atoms. The molecular weight excluding hydrogens is 329 g/mol. The number of benzene rings is 1. The van der Waals surface area contributed by atoms with Gasteiger partial charge in [0.15, 0.2) is 0 Å². The van der Waals surface area contributed by atoms with Gasteiger partial charge in [0.05, 0.1) is 0 Å². The minimum atomic E-state index is -0.438. The summed E-state index contributed by atoms with van der Waals surface area (Å²) in [6.45, 7) is 0.556. The van der Waals surface area contributed by atoms with E-state index < -0.39 is 6.04 Å². The molecule has 1 aromatic heterocycles. The fourth-order valence-corrected chi connectivity index (χ4v) is 3.66. The fraction of sp³-hybridized carbons (Fsp3) is 0.353. The smallest absolute Gasteiger partial charge is 0.274 e. The number of piperidine rings is 1. The van der Waals surface area contributed by atoms with Gasteiger partial charge in [-0.25, -0.2) is 9.37 Å². The Morgan fingerprint density at radius 3 is 2.75 bits per heavy atom. The van der Waals surface area contributed by atoms with Gasteiger partial charge >= 0.3 is 0 Å². The van der Waals surface area contributed by atoms with E-state index in [1.165, 1.54) is 23.5 Å². The molecule has 126 valence electrons. The first-order valence-electron chi connectivity index (χ1n) is 7.84. The average Bonchev–Trinajstić information content (AvgIpc) is 3.11. The Hall–Kier alpha value is -2.28. The first-order valence-corrected chi connectivity index (χ1v) is 8.72. The molecule has 2 amide bonds. The van der Waals surface area contributed by atoms with Crippen molar-refractivity contribution in [1.29, 1.82) is 0 Å². The van der Waals surface area contributed by atoms with Gasteiger partial charge in [0.1, 0.15) is 22.6 Å². The van der Waals surface area contributed by atoms with Crippen molar-refractivity contribution in [2.24, 2.45) is 0 Å². The zero-order valence-corrected chi connectivity index (χ0v) is 14.1. The third-order valence-electron chi connectivity index (χ3n) is 4.13. The van der Waals surface area contributed by atoms with Crippen LogP contribution in [0.25, 0.3) is 10.6 Å². The lowest BCUT2D eigenvalue weighted by Crippen LogP contribution is -2.51. The first-order chi connectivity index (χ1) is 11.6. The van der Waals surface area contributed by atoms with Crippen LogP contribution in [0.4, 0.5) is 4.39 Å². The number of rotatable bonds is 3. The number of amides is 2. The van der Waals surface area contributed by atoms with Gasteiger partial charge in [0.2, 0.25) is 5.91 Å². The lowest BCUT2D eigenvalue weighted by atomic mass is 10.0. The standard InChI is InChI=1S/C17H18FN3O2S/c1-19-15(22)14-4-2-3-9-21(14)17(23)13-10-24-16(20-13)11-5-7-12(18)8-6-11/h5-8,10,14H,2-4,9H2,1H3,(H,19,22)/t14-/m1/s1. The molecule has 1 fully saturated rings. The van der Waals surface area contributed by atoms with Gasteiger partial charge in [-0.1, -0.05) is 0 Å². The third kappa shape index (κ3) is 3.31. The molecule has 0 bridgehead atoms. The highest BCUT2D eigenvalue weighted by atomic mass is 32.1. The average molecular weight is 347 g/mol. The number of hydrogen-bond acceptors (Lipinski definition) is 4. The van der Waals surface area contributed by atoms with Crippen LogP contribution in [-0.2, 0) is 4.79 Å².